The van der Waals surface area contributed by atoms with E-state index in [9.17, 15) is 22.4 Å². The van der Waals surface area contributed by atoms with Gasteiger partial charge in [-0.25, -0.2) is 19.0 Å². The van der Waals surface area contributed by atoms with Gasteiger partial charge < -0.3 is 15.8 Å². The van der Waals surface area contributed by atoms with E-state index in [2.05, 4.69) is 20.4 Å². The van der Waals surface area contributed by atoms with E-state index in [1.165, 1.54) is 42.7 Å². The maximum atomic E-state index is 14.5. The van der Waals surface area contributed by atoms with E-state index in [-0.39, 0.29) is 34.7 Å². The normalized spacial score (nSPS) is 11.3. The lowest BCUT2D eigenvalue weighted by molar-refractivity contribution is -0.143. The van der Waals surface area contributed by atoms with E-state index >= 15 is 0 Å². The Morgan fingerprint density at radius 1 is 1.14 bits per heavy atom. The molecule has 0 aliphatic carbocycles. The van der Waals surface area contributed by atoms with Crippen LogP contribution in [0.1, 0.15) is 21.6 Å². The summed E-state index contributed by atoms with van der Waals surface area (Å²) in [5, 5.41) is 6.08. The van der Waals surface area contributed by atoms with Crippen LogP contribution in [0.4, 0.5) is 29.1 Å². The number of hydrogen-bond donors (Lipinski definition) is 2. The molecule has 4 rings (SSSR count). The van der Waals surface area contributed by atoms with Crippen molar-refractivity contribution in [3.05, 3.63) is 88.7 Å². The number of ether oxygens (including phenoxy) is 1. The second-order valence-corrected chi connectivity index (χ2v) is 7.44. The van der Waals surface area contributed by atoms with Crippen molar-refractivity contribution in [2.75, 3.05) is 11.1 Å². The highest BCUT2D eigenvalue weighted by Crippen LogP contribution is 2.34. The average molecular weight is 507 g/mol. The predicted octanol–water partition coefficient (Wildman–Crippen LogP) is 4.89. The van der Waals surface area contributed by atoms with Crippen molar-refractivity contribution in [1.82, 2.24) is 19.7 Å². The fourth-order valence-corrected chi connectivity index (χ4v) is 3.27. The Bertz CT molecular complexity index is 1380. The fourth-order valence-electron chi connectivity index (χ4n) is 3.10. The van der Waals surface area contributed by atoms with Gasteiger partial charge in [-0.1, -0.05) is 17.7 Å². The van der Waals surface area contributed by atoms with Crippen LogP contribution in [0.3, 0.4) is 0 Å². The van der Waals surface area contributed by atoms with Gasteiger partial charge in [0.15, 0.2) is 23.1 Å². The number of nitrogens with two attached hydrogens (primary N) is 1. The van der Waals surface area contributed by atoms with E-state index in [0.29, 0.717) is 10.2 Å². The molecule has 4 aromatic rings. The molecular weight excluding hydrogens is 492 g/mol. The highest BCUT2D eigenvalue weighted by molar-refractivity contribution is 6.33. The number of carbonyl (C=O) groups excluding carboxylic acids is 1. The number of nitrogen functional groups attached to an aromatic ring is 1. The number of aromatic nitrogens is 4. The van der Waals surface area contributed by atoms with Crippen LogP contribution in [-0.2, 0) is 12.8 Å². The first kappa shape index (κ1) is 24.0. The average Bonchev–Trinajstić information content (AvgIpc) is 3.28. The van der Waals surface area contributed by atoms with E-state index in [1.807, 2.05) is 0 Å². The van der Waals surface area contributed by atoms with Crippen LogP contribution in [0.25, 0.3) is 5.82 Å². The Labute approximate surface area is 200 Å². The van der Waals surface area contributed by atoms with E-state index < -0.39 is 29.2 Å². The molecule has 0 radical (unpaired) electrons. The Hall–Kier alpha value is -4.19. The number of carbonyl (C=O) groups is 1. The molecule has 3 N–H and O–H groups in total. The number of hydrogen-bond acceptors (Lipinski definition) is 6. The smallest absolute Gasteiger partial charge is 0.434 e. The summed E-state index contributed by atoms with van der Waals surface area (Å²) in [6.45, 7) is -0.115. The lowest BCUT2D eigenvalue weighted by Crippen LogP contribution is -2.21. The zero-order chi connectivity index (χ0) is 25.2. The highest BCUT2D eigenvalue weighted by Gasteiger charge is 2.41. The van der Waals surface area contributed by atoms with Crippen molar-refractivity contribution in [2.24, 2.45) is 0 Å². The van der Waals surface area contributed by atoms with Gasteiger partial charge >= 0.3 is 6.18 Å². The van der Waals surface area contributed by atoms with Gasteiger partial charge in [0.25, 0.3) is 5.91 Å². The molecule has 0 unspecified atom stereocenters. The topological polar surface area (TPSA) is 108 Å². The molecule has 0 saturated carbocycles. The maximum absolute atomic E-state index is 14.5. The maximum Gasteiger partial charge on any atom is 0.434 e. The molecule has 0 atom stereocenters. The summed E-state index contributed by atoms with van der Waals surface area (Å²) in [5.74, 6) is -2.19. The molecule has 180 valence electrons. The molecule has 3 aromatic heterocycles. The van der Waals surface area contributed by atoms with Crippen LogP contribution < -0.4 is 15.8 Å². The molecule has 0 bridgehead atoms. The molecule has 0 fully saturated rings. The summed E-state index contributed by atoms with van der Waals surface area (Å²) >= 11 is 6.03. The fraction of sp³-hybridized carbons (Fsp3) is 0.0909. The third kappa shape index (κ3) is 5.17. The number of benzene rings is 1. The molecule has 0 aliphatic heterocycles. The van der Waals surface area contributed by atoms with Gasteiger partial charge in [0.05, 0.1) is 16.8 Å². The molecule has 35 heavy (non-hydrogen) atoms. The minimum atomic E-state index is -4.92. The van der Waals surface area contributed by atoms with Crippen molar-refractivity contribution in [3.63, 3.8) is 0 Å². The van der Waals surface area contributed by atoms with Gasteiger partial charge in [-0.2, -0.15) is 18.3 Å². The Morgan fingerprint density at radius 2 is 1.94 bits per heavy atom. The van der Waals surface area contributed by atoms with E-state index in [0.717, 1.165) is 12.3 Å². The van der Waals surface area contributed by atoms with Gasteiger partial charge in [0, 0.05) is 29.7 Å². The number of alkyl halides is 3. The summed E-state index contributed by atoms with van der Waals surface area (Å²) in [7, 11) is 0. The first-order chi connectivity index (χ1) is 16.6. The number of nitrogens with one attached hydrogen (secondary N) is 1. The molecule has 1 amide bonds. The number of anilines is 2. The van der Waals surface area contributed by atoms with Crippen LogP contribution in [-0.4, -0.2) is 25.7 Å². The molecule has 13 heteroatoms. The molecule has 8 nitrogen and oxygen atoms in total. The number of pyridine rings is 2. The zero-order valence-electron chi connectivity index (χ0n) is 17.6. The predicted molar refractivity (Wildman–Crippen MR) is 119 cm³/mol. The van der Waals surface area contributed by atoms with Crippen molar-refractivity contribution >= 4 is 29.0 Å². The summed E-state index contributed by atoms with van der Waals surface area (Å²) in [6, 6.07) is 9.26. The molecule has 0 saturated heterocycles. The Kier molecular flexibility index (Phi) is 6.56. The van der Waals surface area contributed by atoms with Crippen molar-refractivity contribution in [1.29, 1.82) is 0 Å². The second-order valence-electron chi connectivity index (χ2n) is 7.06. The summed E-state index contributed by atoms with van der Waals surface area (Å²) < 4.78 is 61.7. The van der Waals surface area contributed by atoms with Gasteiger partial charge in [-0.15, -0.1) is 0 Å². The van der Waals surface area contributed by atoms with Crippen LogP contribution in [0.15, 0.2) is 61.1 Å². The van der Waals surface area contributed by atoms with Gasteiger partial charge in [0.1, 0.15) is 12.4 Å². The molecule has 3 heterocycles. The minimum absolute atomic E-state index is 0.0928. The van der Waals surface area contributed by atoms with Crippen LogP contribution in [0.5, 0.6) is 5.75 Å². The second kappa shape index (κ2) is 9.58. The summed E-state index contributed by atoms with van der Waals surface area (Å²) in [4.78, 5) is 20.3. The van der Waals surface area contributed by atoms with Gasteiger partial charge in [-0.05, 0) is 30.3 Å². The monoisotopic (exact) mass is 506 g/mol. The first-order valence-electron chi connectivity index (χ1n) is 9.84. The van der Waals surface area contributed by atoms with Crippen LogP contribution >= 0.6 is 11.6 Å². The van der Waals surface area contributed by atoms with Crippen LogP contribution in [0.2, 0.25) is 5.02 Å². The molecule has 1 aromatic carbocycles. The SMILES string of the molecule is Nc1nccc(COc2ccc(NC(=O)c3cnn(-c4ccccn4)c3C(F)(F)F)cc2F)c1Cl. The Balaban J connectivity index is 1.53. The standard InChI is InChI=1S/C22H15ClF4N6O2/c23-18-12(6-8-30-20(18)28)11-35-16-5-4-13(9-15(16)24)32-21(34)14-10-31-33(19(14)22(25,26)27)17-3-1-2-7-29-17/h1-10H,11H2,(H2,28,30)(H,32,34). The first-order valence-corrected chi connectivity index (χ1v) is 10.2. The summed E-state index contributed by atoms with van der Waals surface area (Å²) in [6.07, 6.45) is -1.44. The Morgan fingerprint density at radius 3 is 2.63 bits per heavy atom. The van der Waals surface area contributed by atoms with Gasteiger partial charge in [0.2, 0.25) is 0 Å². The number of halogens is 5. The summed E-state index contributed by atoms with van der Waals surface area (Å²) in [5.41, 5.74) is 3.92. The number of nitrogens with zero attached hydrogens (tertiary/aromatic N) is 4. The lowest BCUT2D eigenvalue weighted by atomic mass is 10.2. The molecule has 0 spiro atoms. The van der Waals surface area contributed by atoms with Crippen LogP contribution in [0, 0.1) is 5.82 Å². The zero-order valence-corrected chi connectivity index (χ0v) is 18.3. The largest absolute Gasteiger partial charge is 0.486 e. The van der Waals surface area contributed by atoms with Crippen molar-refractivity contribution < 1.29 is 27.1 Å². The number of amides is 1. The van der Waals surface area contributed by atoms with E-state index in [4.69, 9.17) is 22.1 Å². The highest BCUT2D eigenvalue weighted by atomic mass is 35.5. The van der Waals surface area contributed by atoms with Crippen molar-refractivity contribution in [2.45, 2.75) is 12.8 Å². The minimum Gasteiger partial charge on any atom is -0.486 e. The third-order valence-electron chi connectivity index (χ3n) is 4.72. The van der Waals surface area contributed by atoms with Gasteiger partial charge in [-0.3, -0.25) is 4.79 Å². The lowest BCUT2D eigenvalue weighted by Gasteiger charge is -2.13. The third-order valence-corrected chi connectivity index (χ3v) is 5.15. The van der Waals surface area contributed by atoms with Crippen molar-refractivity contribution in [3.8, 4) is 11.6 Å². The molecular formula is C22H15ClF4N6O2. The van der Waals surface area contributed by atoms with E-state index in [1.54, 1.807) is 6.07 Å². The number of rotatable bonds is 6. The quantitative estimate of drug-likeness (QED) is 0.361. The molecule has 0 aliphatic rings.